The molecule has 0 radical (unpaired) electrons. The summed E-state index contributed by atoms with van der Waals surface area (Å²) in [6, 6.07) is 5.57. The number of rotatable bonds is 8. The van der Waals surface area contributed by atoms with E-state index < -0.39 is 11.4 Å². The number of fused-ring (bicyclic) bond motifs is 2. The summed E-state index contributed by atoms with van der Waals surface area (Å²) in [5.74, 6) is 0.0887. The van der Waals surface area contributed by atoms with Crippen molar-refractivity contribution in [3.8, 4) is 17.1 Å². The van der Waals surface area contributed by atoms with E-state index in [9.17, 15) is 5.11 Å². The van der Waals surface area contributed by atoms with Crippen LogP contribution in [0.1, 0.15) is 45.1 Å². The Hall–Kier alpha value is -3.27. The Labute approximate surface area is 244 Å². The molecule has 1 saturated heterocycles. The summed E-state index contributed by atoms with van der Waals surface area (Å²) in [6.07, 6.45) is 9.09. The SMILES string of the molecule is C/C=C\c1c(Cl)cc2[nH]ncc2c1-c1ccc2c(N3CCC[C@@](C)(O)C3)nc(OCC3(CN(C)C)CC3)nc2c1F. The van der Waals surface area contributed by atoms with Gasteiger partial charge in [0.25, 0.3) is 0 Å². The average Bonchev–Trinajstić information content (AvgIpc) is 3.52. The number of nitrogens with zero attached hydrogens (tertiary/aromatic N) is 5. The first-order chi connectivity index (χ1) is 19.6. The number of aromatic nitrogens is 4. The molecule has 0 unspecified atom stereocenters. The molecule has 1 atom stereocenters. The number of nitrogens with one attached hydrogen (secondary N) is 1. The molecule has 1 aliphatic carbocycles. The van der Waals surface area contributed by atoms with Gasteiger partial charge in [-0.3, -0.25) is 5.10 Å². The van der Waals surface area contributed by atoms with Crippen molar-refractivity contribution in [1.29, 1.82) is 0 Å². The summed E-state index contributed by atoms with van der Waals surface area (Å²) in [5, 5.41) is 19.8. The lowest BCUT2D eigenvalue weighted by atomic mass is 9.93. The Morgan fingerprint density at radius 2 is 2.02 bits per heavy atom. The van der Waals surface area contributed by atoms with Gasteiger partial charge in [0, 0.05) is 52.5 Å². The van der Waals surface area contributed by atoms with Crippen LogP contribution < -0.4 is 9.64 Å². The summed E-state index contributed by atoms with van der Waals surface area (Å²) in [4.78, 5) is 13.6. The minimum absolute atomic E-state index is 0.0617. The quantitative estimate of drug-likeness (QED) is 0.262. The zero-order chi connectivity index (χ0) is 28.9. The third-order valence-electron chi connectivity index (χ3n) is 8.20. The third-order valence-corrected chi connectivity index (χ3v) is 8.51. The maximum atomic E-state index is 16.8. The van der Waals surface area contributed by atoms with Gasteiger partial charge in [0.2, 0.25) is 0 Å². The monoisotopic (exact) mass is 578 g/mol. The van der Waals surface area contributed by atoms with Crippen LogP contribution in [0.3, 0.4) is 0 Å². The molecule has 2 N–H and O–H groups in total. The molecule has 0 spiro atoms. The molecule has 0 bridgehead atoms. The Kier molecular flexibility index (Phi) is 7.16. The van der Waals surface area contributed by atoms with Crippen molar-refractivity contribution in [2.24, 2.45) is 5.41 Å². The number of hydrogen-bond donors (Lipinski definition) is 2. The van der Waals surface area contributed by atoms with Gasteiger partial charge in [-0.1, -0.05) is 29.8 Å². The highest BCUT2D eigenvalue weighted by Gasteiger charge is 2.44. The number of ether oxygens (including phenoxy) is 1. The predicted molar refractivity (Wildman–Crippen MR) is 162 cm³/mol. The van der Waals surface area contributed by atoms with Gasteiger partial charge < -0.3 is 19.6 Å². The van der Waals surface area contributed by atoms with Crippen LogP contribution in [0.5, 0.6) is 6.01 Å². The smallest absolute Gasteiger partial charge is 0.319 e. The number of H-pyrrole nitrogens is 1. The van der Waals surface area contributed by atoms with E-state index in [1.54, 1.807) is 18.3 Å². The van der Waals surface area contributed by atoms with Crippen LogP contribution in [0.25, 0.3) is 39.0 Å². The molecule has 2 aromatic carbocycles. The van der Waals surface area contributed by atoms with Crippen molar-refractivity contribution >= 4 is 45.3 Å². The second-order valence-corrected chi connectivity index (χ2v) is 12.6. The van der Waals surface area contributed by atoms with E-state index in [2.05, 4.69) is 34.2 Å². The minimum atomic E-state index is -0.867. The third kappa shape index (κ3) is 5.38. The molecule has 6 rings (SSSR count). The fourth-order valence-electron chi connectivity index (χ4n) is 6.13. The van der Waals surface area contributed by atoms with Crippen LogP contribution in [0.15, 0.2) is 30.5 Å². The van der Waals surface area contributed by atoms with Gasteiger partial charge in [-0.05, 0) is 65.8 Å². The van der Waals surface area contributed by atoms with Gasteiger partial charge in [-0.2, -0.15) is 15.1 Å². The summed E-state index contributed by atoms with van der Waals surface area (Å²) in [6.45, 7) is 6.19. The summed E-state index contributed by atoms with van der Waals surface area (Å²) < 4.78 is 23.0. The lowest BCUT2D eigenvalue weighted by molar-refractivity contribution is 0.0447. The summed E-state index contributed by atoms with van der Waals surface area (Å²) >= 11 is 6.67. The number of aromatic amines is 1. The van der Waals surface area contributed by atoms with Crippen molar-refractivity contribution < 1.29 is 14.2 Å². The number of β-amino-alcohol motifs (C(OH)–C–C–N with tert-alkyl or cyclic N) is 1. The number of allylic oxidation sites excluding steroid dienone is 1. The van der Waals surface area contributed by atoms with Gasteiger partial charge in [-0.25, -0.2) is 4.39 Å². The molecular weight excluding hydrogens is 543 g/mol. The van der Waals surface area contributed by atoms with E-state index in [1.807, 2.05) is 37.0 Å². The van der Waals surface area contributed by atoms with Crippen molar-refractivity contribution in [2.45, 2.75) is 45.1 Å². The number of benzene rings is 2. The Balaban J connectivity index is 1.51. The molecule has 216 valence electrons. The number of hydrogen-bond acceptors (Lipinski definition) is 7. The lowest BCUT2D eigenvalue weighted by Gasteiger charge is -2.38. The fraction of sp³-hybridized carbons (Fsp3) is 0.452. The molecule has 41 heavy (non-hydrogen) atoms. The van der Waals surface area contributed by atoms with E-state index in [4.69, 9.17) is 21.3 Å². The van der Waals surface area contributed by atoms with Crippen molar-refractivity contribution in [3.05, 3.63) is 46.9 Å². The molecule has 4 aromatic rings. The molecule has 2 fully saturated rings. The molecular formula is C31H36ClFN6O2. The molecule has 10 heteroatoms. The van der Waals surface area contributed by atoms with Crippen LogP contribution in [0.4, 0.5) is 10.2 Å². The Morgan fingerprint density at radius 1 is 1.22 bits per heavy atom. The normalized spacial score (nSPS) is 20.5. The molecule has 1 aliphatic heterocycles. The van der Waals surface area contributed by atoms with Crippen molar-refractivity contribution in [2.75, 3.05) is 45.2 Å². The zero-order valence-electron chi connectivity index (χ0n) is 24.0. The summed E-state index contributed by atoms with van der Waals surface area (Å²) in [5.41, 5.74) is 1.81. The highest BCUT2D eigenvalue weighted by atomic mass is 35.5. The highest BCUT2D eigenvalue weighted by Crippen LogP contribution is 2.46. The van der Waals surface area contributed by atoms with Gasteiger partial charge in [0.15, 0.2) is 5.82 Å². The maximum absolute atomic E-state index is 16.8. The lowest BCUT2D eigenvalue weighted by Crippen LogP contribution is -2.46. The van der Waals surface area contributed by atoms with E-state index in [0.29, 0.717) is 59.0 Å². The number of aliphatic hydroxyl groups is 1. The highest BCUT2D eigenvalue weighted by molar-refractivity contribution is 6.34. The van der Waals surface area contributed by atoms with Gasteiger partial charge in [-0.15, -0.1) is 0 Å². The fourth-order valence-corrected chi connectivity index (χ4v) is 6.40. The average molecular weight is 579 g/mol. The first-order valence-electron chi connectivity index (χ1n) is 14.1. The standard InChI is InChI=1S/C31H36ClFN6O2/c1-5-7-19-23(32)14-24-22(15-34-37-24)25(19)20-8-9-21-27(26(20)33)35-29(41-18-31(11-12-31)17-38(3)4)36-28(21)39-13-6-10-30(2,40)16-39/h5,7-9,14-15,40H,6,10-13,16-18H2,1-4H3,(H,34,37)/b7-5-/t30-/m1/s1. The number of halogens is 2. The van der Waals surface area contributed by atoms with Crippen molar-refractivity contribution in [3.63, 3.8) is 0 Å². The molecule has 0 amide bonds. The number of anilines is 1. The molecule has 1 saturated carbocycles. The molecule has 2 aromatic heterocycles. The molecule has 2 aliphatic rings. The van der Waals surface area contributed by atoms with E-state index >= 15 is 4.39 Å². The van der Waals surface area contributed by atoms with Gasteiger partial charge >= 0.3 is 6.01 Å². The largest absolute Gasteiger partial charge is 0.463 e. The van der Waals surface area contributed by atoms with Gasteiger partial charge in [0.05, 0.1) is 28.9 Å². The van der Waals surface area contributed by atoms with Crippen LogP contribution >= 0.6 is 11.6 Å². The second-order valence-electron chi connectivity index (χ2n) is 12.2. The first kappa shape index (κ1) is 27.9. The first-order valence-corrected chi connectivity index (χ1v) is 14.5. The summed E-state index contributed by atoms with van der Waals surface area (Å²) in [7, 11) is 4.11. The molecule has 8 nitrogen and oxygen atoms in total. The van der Waals surface area contributed by atoms with Crippen LogP contribution in [-0.4, -0.2) is 76.1 Å². The minimum Gasteiger partial charge on any atom is -0.463 e. The van der Waals surface area contributed by atoms with E-state index in [-0.39, 0.29) is 16.9 Å². The van der Waals surface area contributed by atoms with Crippen LogP contribution in [-0.2, 0) is 0 Å². The zero-order valence-corrected chi connectivity index (χ0v) is 24.7. The molecule has 3 heterocycles. The van der Waals surface area contributed by atoms with E-state index in [1.165, 1.54) is 0 Å². The van der Waals surface area contributed by atoms with Crippen LogP contribution in [0.2, 0.25) is 5.02 Å². The second kappa shape index (κ2) is 10.5. The van der Waals surface area contributed by atoms with Crippen molar-refractivity contribution in [1.82, 2.24) is 25.1 Å². The Morgan fingerprint density at radius 3 is 2.73 bits per heavy atom. The topological polar surface area (TPSA) is 90.4 Å². The predicted octanol–water partition coefficient (Wildman–Crippen LogP) is 6.07. The number of piperidine rings is 1. The Bertz CT molecular complexity index is 1650. The maximum Gasteiger partial charge on any atom is 0.319 e. The van der Waals surface area contributed by atoms with Gasteiger partial charge in [0.1, 0.15) is 11.3 Å². The van der Waals surface area contributed by atoms with E-state index in [0.717, 1.165) is 36.7 Å². The van der Waals surface area contributed by atoms with Crippen LogP contribution in [0, 0.1) is 11.2 Å².